The van der Waals surface area contributed by atoms with E-state index in [4.69, 9.17) is 4.74 Å². The van der Waals surface area contributed by atoms with Crippen LogP contribution in [0.1, 0.15) is 10.4 Å². The standard InChI is InChI=1S/C12H10Br2N2O2/c1-15-10-7-3-6(13)4-9(14)11(7)16-5-8(10)12(17)18-2/h3-5H,1-2H3,(H,15,16). The molecule has 0 bridgehead atoms. The number of ether oxygens (including phenoxy) is 1. The molecule has 6 heteroatoms. The number of nitrogens with one attached hydrogen (secondary N) is 1. The van der Waals surface area contributed by atoms with Crippen LogP contribution in [0, 0.1) is 0 Å². The summed E-state index contributed by atoms with van der Waals surface area (Å²) in [5, 5.41) is 3.87. The number of methoxy groups -OCH3 is 1. The van der Waals surface area contributed by atoms with Crippen molar-refractivity contribution in [1.82, 2.24) is 4.98 Å². The Kier molecular flexibility index (Phi) is 3.87. The van der Waals surface area contributed by atoms with Crippen LogP contribution in [0.4, 0.5) is 5.69 Å². The molecule has 4 nitrogen and oxygen atoms in total. The van der Waals surface area contributed by atoms with Gasteiger partial charge in [-0.25, -0.2) is 4.79 Å². The first kappa shape index (κ1) is 13.3. The van der Waals surface area contributed by atoms with Crippen LogP contribution in [0.25, 0.3) is 10.9 Å². The summed E-state index contributed by atoms with van der Waals surface area (Å²) in [6.07, 6.45) is 1.51. The van der Waals surface area contributed by atoms with Gasteiger partial charge in [0.15, 0.2) is 0 Å². The number of benzene rings is 1. The highest BCUT2D eigenvalue weighted by Crippen LogP contribution is 2.33. The number of hydrogen-bond acceptors (Lipinski definition) is 4. The summed E-state index contributed by atoms with van der Waals surface area (Å²) in [6, 6.07) is 3.82. The van der Waals surface area contributed by atoms with Crippen LogP contribution in [-0.2, 0) is 4.74 Å². The highest BCUT2D eigenvalue weighted by Gasteiger charge is 2.16. The SMILES string of the molecule is CNc1c(C(=O)OC)cnc2c(Br)cc(Br)cc12. The van der Waals surface area contributed by atoms with E-state index in [9.17, 15) is 4.79 Å². The minimum Gasteiger partial charge on any atom is -0.465 e. The number of hydrogen-bond donors (Lipinski definition) is 1. The Morgan fingerprint density at radius 2 is 2.11 bits per heavy atom. The molecule has 1 N–H and O–H groups in total. The van der Waals surface area contributed by atoms with Crippen LogP contribution < -0.4 is 5.32 Å². The summed E-state index contributed by atoms with van der Waals surface area (Å²) in [7, 11) is 3.11. The van der Waals surface area contributed by atoms with E-state index in [1.807, 2.05) is 12.1 Å². The van der Waals surface area contributed by atoms with E-state index < -0.39 is 5.97 Å². The molecule has 0 aliphatic rings. The van der Waals surface area contributed by atoms with Gasteiger partial charge in [-0.05, 0) is 28.1 Å². The maximum Gasteiger partial charge on any atom is 0.341 e. The maximum absolute atomic E-state index is 11.7. The molecule has 2 rings (SSSR count). The van der Waals surface area contributed by atoms with E-state index in [0.717, 1.165) is 19.8 Å². The fraction of sp³-hybridized carbons (Fsp3) is 0.167. The van der Waals surface area contributed by atoms with E-state index in [1.54, 1.807) is 7.05 Å². The van der Waals surface area contributed by atoms with Gasteiger partial charge in [-0.1, -0.05) is 15.9 Å². The summed E-state index contributed by atoms with van der Waals surface area (Å²) in [5.41, 5.74) is 1.90. The molecule has 0 aliphatic carbocycles. The maximum atomic E-state index is 11.7. The summed E-state index contributed by atoms with van der Waals surface area (Å²) >= 11 is 6.88. The number of anilines is 1. The number of pyridine rings is 1. The Morgan fingerprint density at radius 3 is 2.72 bits per heavy atom. The third kappa shape index (κ3) is 2.22. The Balaban J connectivity index is 2.82. The second kappa shape index (κ2) is 5.24. The van der Waals surface area contributed by atoms with Gasteiger partial charge in [-0.15, -0.1) is 0 Å². The molecule has 0 amide bonds. The van der Waals surface area contributed by atoms with Crippen LogP contribution in [0.15, 0.2) is 27.3 Å². The molecule has 0 fully saturated rings. The minimum absolute atomic E-state index is 0.412. The number of fused-ring (bicyclic) bond motifs is 1. The van der Waals surface area contributed by atoms with E-state index in [0.29, 0.717) is 11.3 Å². The zero-order valence-electron chi connectivity index (χ0n) is 9.75. The third-order valence-electron chi connectivity index (χ3n) is 2.54. The molecule has 0 aliphatic heterocycles. The highest BCUT2D eigenvalue weighted by atomic mass is 79.9. The Bertz CT molecular complexity index is 629. The van der Waals surface area contributed by atoms with Gasteiger partial charge >= 0.3 is 5.97 Å². The van der Waals surface area contributed by atoms with Gasteiger partial charge in [0.2, 0.25) is 0 Å². The lowest BCUT2D eigenvalue weighted by Gasteiger charge is -2.11. The monoisotopic (exact) mass is 372 g/mol. The minimum atomic E-state index is -0.412. The van der Waals surface area contributed by atoms with Gasteiger partial charge in [0.05, 0.1) is 18.3 Å². The average molecular weight is 374 g/mol. The van der Waals surface area contributed by atoms with Gasteiger partial charge in [0.25, 0.3) is 0 Å². The van der Waals surface area contributed by atoms with Gasteiger partial charge < -0.3 is 10.1 Å². The number of esters is 1. The zero-order valence-corrected chi connectivity index (χ0v) is 12.9. The van der Waals surface area contributed by atoms with Crippen LogP contribution in [0.3, 0.4) is 0 Å². The molecule has 0 spiro atoms. The largest absolute Gasteiger partial charge is 0.465 e. The fourth-order valence-corrected chi connectivity index (χ4v) is 3.09. The molecule has 94 valence electrons. The van der Waals surface area contributed by atoms with E-state index in [-0.39, 0.29) is 0 Å². The first-order valence-corrected chi connectivity index (χ1v) is 6.71. The molecule has 1 heterocycles. The molecule has 0 atom stereocenters. The van der Waals surface area contributed by atoms with Crippen molar-refractivity contribution in [2.75, 3.05) is 19.5 Å². The van der Waals surface area contributed by atoms with Crippen molar-refractivity contribution in [3.05, 3.63) is 32.8 Å². The van der Waals surface area contributed by atoms with Gasteiger partial charge in [-0.2, -0.15) is 0 Å². The third-order valence-corrected chi connectivity index (χ3v) is 3.61. The molecule has 1 aromatic heterocycles. The molecule has 0 saturated carbocycles. The van der Waals surface area contributed by atoms with Gasteiger partial charge in [0, 0.05) is 27.6 Å². The predicted octanol–water partition coefficient (Wildman–Crippen LogP) is 3.59. The Morgan fingerprint density at radius 1 is 1.39 bits per heavy atom. The lowest BCUT2D eigenvalue weighted by atomic mass is 10.1. The number of rotatable bonds is 2. The molecule has 18 heavy (non-hydrogen) atoms. The normalized spacial score (nSPS) is 10.4. The van der Waals surface area contributed by atoms with Crippen molar-refractivity contribution in [2.45, 2.75) is 0 Å². The summed E-state index contributed by atoms with van der Waals surface area (Å²) in [5.74, 6) is -0.412. The topological polar surface area (TPSA) is 51.2 Å². The number of aromatic nitrogens is 1. The molecule has 0 saturated heterocycles. The predicted molar refractivity (Wildman–Crippen MR) is 78.0 cm³/mol. The van der Waals surface area contributed by atoms with Crippen molar-refractivity contribution in [1.29, 1.82) is 0 Å². The second-order valence-corrected chi connectivity index (χ2v) is 5.34. The number of nitrogens with zero attached hydrogens (tertiary/aromatic N) is 1. The Labute approximate surface area is 121 Å². The summed E-state index contributed by atoms with van der Waals surface area (Å²) < 4.78 is 6.51. The first-order chi connectivity index (χ1) is 8.58. The fourth-order valence-electron chi connectivity index (χ4n) is 1.76. The van der Waals surface area contributed by atoms with Crippen LogP contribution in [-0.4, -0.2) is 25.1 Å². The summed E-state index contributed by atoms with van der Waals surface area (Å²) in [6.45, 7) is 0. The first-order valence-electron chi connectivity index (χ1n) is 5.12. The molecule has 1 aromatic carbocycles. The number of carbonyl (C=O) groups is 1. The number of carbonyl (C=O) groups excluding carboxylic acids is 1. The molecule has 2 aromatic rings. The average Bonchev–Trinajstić information content (AvgIpc) is 2.36. The molecule has 0 unspecified atom stereocenters. The summed E-state index contributed by atoms with van der Waals surface area (Å²) in [4.78, 5) is 16.0. The second-order valence-electron chi connectivity index (χ2n) is 3.57. The number of halogens is 2. The van der Waals surface area contributed by atoms with Gasteiger partial charge in [0.1, 0.15) is 5.56 Å². The lowest BCUT2D eigenvalue weighted by molar-refractivity contribution is 0.0601. The Hall–Kier alpha value is -1.14. The molecular weight excluding hydrogens is 364 g/mol. The quantitative estimate of drug-likeness (QED) is 0.817. The molecule has 0 radical (unpaired) electrons. The van der Waals surface area contributed by atoms with Crippen molar-refractivity contribution >= 4 is 54.4 Å². The molecular formula is C12H10Br2N2O2. The van der Waals surface area contributed by atoms with Crippen LogP contribution in [0.5, 0.6) is 0 Å². The van der Waals surface area contributed by atoms with Crippen molar-refractivity contribution in [3.8, 4) is 0 Å². The van der Waals surface area contributed by atoms with Crippen molar-refractivity contribution in [3.63, 3.8) is 0 Å². The highest BCUT2D eigenvalue weighted by molar-refractivity contribution is 9.11. The van der Waals surface area contributed by atoms with Gasteiger partial charge in [-0.3, -0.25) is 4.98 Å². The van der Waals surface area contributed by atoms with E-state index in [1.165, 1.54) is 13.3 Å². The lowest BCUT2D eigenvalue weighted by Crippen LogP contribution is -2.07. The van der Waals surface area contributed by atoms with Crippen LogP contribution >= 0.6 is 31.9 Å². The van der Waals surface area contributed by atoms with E-state index >= 15 is 0 Å². The van der Waals surface area contributed by atoms with Crippen LogP contribution in [0.2, 0.25) is 0 Å². The van der Waals surface area contributed by atoms with Crippen molar-refractivity contribution < 1.29 is 9.53 Å². The van der Waals surface area contributed by atoms with E-state index in [2.05, 4.69) is 42.2 Å². The van der Waals surface area contributed by atoms with Crippen molar-refractivity contribution in [2.24, 2.45) is 0 Å². The zero-order chi connectivity index (χ0) is 13.3. The smallest absolute Gasteiger partial charge is 0.341 e.